The Morgan fingerprint density at radius 3 is 2.22 bits per heavy atom. The highest BCUT2D eigenvalue weighted by molar-refractivity contribution is 6.43. The number of halogens is 1. The minimum Gasteiger partial charge on any atom is -0.388 e. The smallest absolute Gasteiger partial charge is 0.283 e. The van der Waals surface area contributed by atoms with E-state index in [-0.39, 0.29) is 28.5 Å². The Kier molecular flexibility index (Phi) is 7.39. The third-order valence-electron chi connectivity index (χ3n) is 7.68. The van der Waals surface area contributed by atoms with Crippen molar-refractivity contribution < 1.29 is 24.5 Å². The number of anilines is 1. The van der Waals surface area contributed by atoms with Crippen LogP contribution in [0, 0.1) is 0 Å². The summed E-state index contributed by atoms with van der Waals surface area (Å²) >= 11 is 7.26. The fourth-order valence-corrected chi connectivity index (χ4v) is 5.83. The second kappa shape index (κ2) is 11.0. The molecule has 0 bridgehead atoms. The fourth-order valence-electron chi connectivity index (χ4n) is 5.48. The molecule has 2 aromatic carbocycles. The van der Waals surface area contributed by atoms with Crippen LogP contribution in [0.15, 0.2) is 72.0 Å². The van der Waals surface area contributed by atoms with Crippen LogP contribution in [-0.2, 0) is 4.74 Å². The first-order valence-electron chi connectivity index (χ1n) is 13.7. The van der Waals surface area contributed by atoms with Gasteiger partial charge in [0.15, 0.2) is 17.9 Å². The predicted molar refractivity (Wildman–Crippen MR) is 152 cm³/mol. The van der Waals surface area contributed by atoms with E-state index in [4.69, 9.17) is 21.3 Å². The maximum atomic E-state index is 14.3. The number of ketones is 1. The lowest BCUT2D eigenvalue weighted by molar-refractivity contribution is -0.0314. The molecule has 3 aliphatic heterocycles. The maximum Gasteiger partial charge on any atom is 0.283 e. The van der Waals surface area contributed by atoms with Gasteiger partial charge >= 0.3 is 0 Å². The normalized spacial score (nSPS) is 28.2. The predicted octanol–water partition coefficient (Wildman–Crippen LogP) is 2.70. The number of piperidine rings is 1. The van der Waals surface area contributed by atoms with Crippen LogP contribution in [0.4, 0.5) is 5.82 Å². The molecule has 3 aromatic rings. The monoisotopic (exact) mass is 578 g/mol. The van der Waals surface area contributed by atoms with Crippen LogP contribution in [-0.4, -0.2) is 78.8 Å². The Labute approximate surface area is 242 Å². The number of aromatic nitrogens is 2. The molecule has 4 heterocycles. The van der Waals surface area contributed by atoms with Gasteiger partial charge in [-0.3, -0.25) is 14.2 Å². The number of Topliss-reactive ketones (excluding diaryl/α,β-unsaturated/α-hetero) is 1. The highest BCUT2D eigenvalue weighted by Crippen LogP contribution is 2.43. The summed E-state index contributed by atoms with van der Waals surface area (Å²) in [7, 11) is 0. The summed E-state index contributed by atoms with van der Waals surface area (Å²) in [5.74, 6) is -0.910. The van der Waals surface area contributed by atoms with E-state index < -0.39 is 41.4 Å². The number of aliphatic hydroxyl groups is 2. The molecule has 5 atom stereocenters. The number of alkyl halides is 1. The van der Waals surface area contributed by atoms with Gasteiger partial charge < -0.3 is 20.4 Å². The van der Waals surface area contributed by atoms with Crippen LogP contribution in [0.5, 0.6) is 0 Å². The molecule has 11 nitrogen and oxygen atoms in total. The highest BCUT2D eigenvalue weighted by Gasteiger charge is 2.54. The number of rotatable bonds is 5. The van der Waals surface area contributed by atoms with Crippen LogP contribution in [0.2, 0.25) is 0 Å². The summed E-state index contributed by atoms with van der Waals surface area (Å²) < 4.78 is 7.35. The van der Waals surface area contributed by atoms with Gasteiger partial charge in [0.25, 0.3) is 11.0 Å². The molecule has 1 amide bonds. The number of ether oxygens (including phenoxy) is 1. The van der Waals surface area contributed by atoms with Gasteiger partial charge in [0.2, 0.25) is 5.78 Å². The SMILES string of the molecule is C[C@H]1O[C@@H](n2cnc3c2N(C(=O)c2ccccc2)C(Cl)(C(=O)c2ccccc2)N=C3NN2CCCCC2)C(O)C1O. The van der Waals surface area contributed by atoms with Gasteiger partial charge in [0, 0.05) is 24.2 Å². The minimum atomic E-state index is -2.26. The minimum absolute atomic E-state index is 0.109. The molecule has 3 unspecified atom stereocenters. The number of amides is 1. The lowest BCUT2D eigenvalue weighted by Crippen LogP contribution is -2.58. The molecule has 2 saturated heterocycles. The Bertz CT molecular complexity index is 1460. The van der Waals surface area contributed by atoms with Crippen molar-refractivity contribution in [2.75, 3.05) is 18.0 Å². The second-order valence-corrected chi connectivity index (χ2v) is 11.0. The molecule has 0 saturated carbocycles. The third kappa shape index (κ3) is 4.83. The Morgan fingerprint density at radius 2 is 1.61 bits per heavy atom. The van der Waals surface area contributed by atoms with Crippen molar-refractivity contribution in [1.29, 1.82) is 0 Å². The Morgan fingerprint density at radius 1 is 0.976 bits per heavy atom. The molecule has 0 aliphatic carbocycles. The first-order chi connectivity index (χ1) is 19.8. The van der Waals surface area contributed by atoms with Crippen LogP contribution in [0.25, 0.3) is 0 Å². The fraction of sp³-hybridized carbons (Fsp3) is 0.379. The number of fused-ring (bicyclic) bond motifs is 1. The molecule has 0 spiro atoms. The first-order valence-corrected chi connectivity index (χ1v) is 14.1. The highest BCUT2D eigenvalue weighted by atomic mass is 35.5. The van der Waals surface area contributed by atoms with E-state index in [0.717, 1.165) is 37.3 Å². The van der Waals surface area contributed by atoms with E-state index in [1.165, 1.54) is 10.9 Å². The summed E-state index contributed by atoms with van der Waals surface area (Å²) in [4.78, 5) is 38.9. The zero-order valence-corrected chi connectivity index (χ0v) is 23.2. The standard InChI is InChI=1S/C29H31ClN6O5/c1-18-22(37)23(38)28(41-18)35-17-31-21-25(33-34-15-9-4-10-16-34)32-29(30,24(39)19-11-5-2-6-12-19)36(26(21)35)27(40)20-13-7-3-8-14-20/h2-3,5-8,11-14,17-18,22-23,28,37-38H,4,9-10,15-16H2,1H3,(H,32,33)/t18-,22?,23?,28-,29?/m1/s1. The molecular formula is C29H31ClN6O5. The van der Waals surface area contributed by atoms with Crippen molar-refractivity contribution in [2.45, 2.75) is 55.8 Å². The lowest BCUT2D eigenvalue weighted by atomic mass is 10.0. The van der Waals surface area contributed by atoms with Gasteiger partial charge in [-0.2, -0.15) is 0 Å². The molecule has 3 N–H and O–H groups in total. The van der Waals surface area contributed by atoms with Crippen molar-refractivity contribution in [1.82, 2.24) is 20.0 Å². The van der Waals surface area contributed by atoms with Gasteiger partial charge in [0.05, 0.1) is 12.4 Å². The second-order valence-electron chi connectivity index (χ2n) is 10.4. The molecule has 0 radical (unpaired) electrons. The van der Waals surface area contributed by atoms with E-state index in [1.807, 2.05) is 5.01 Å². The summed E-state index contributed by atoms with van der Waals surface area (Å²) in [6, 6.07) is 16.8. The molecule has 12 heteroatoms. The number of benzene rings is 2. The van der Waals surface area contributed by atoms with Crippen LogP contribution < -0.4 is 10.3 Å². The van der Waals surface area contributed by atoms with E-state index in [2.05, 4.69) is 10.4 Å². The average molecular weight is 579 g/mol. The van der Waals surface area contributed by atoms with Gasteiger partial charge in [-0.05, 0) is 31.9 Å². The lowest BCUT2D eigenvalue weighted by Gasteiger charge is -2.40. The number of amidine groups is 1. The number of hydrogen-bond donors (Lipinski definition) is 3. The number of hydrogen-bond acceptors (Lipinski definition) is 9. The van der Waals surface area contributed by atoms with Crippen LogP contribution in [0.1, 0.15) is 58.8 Å². The van der Waals surface area contributed by atoms with Gasteiger partial charge in [-0.15, -0.1) is 0 Å². The van der Waals surface area contributed by atoms with E-state index in [9.17, 15) is 19.8 Å². The summed E-state index contributed by atoms with van der Waals surface area (Å²) in [6.45, 7) is 3.13. The van der Waals surface area contributed by atoms with Crippen molar-refractivity contribution in [3.63, 3.8) is 0 Å². The molecule has 214 valence electrons. The van der Waals surface area contributed by atoms with Gasteiger partial charge in [-0.25, -0.2) is 19.9 Å². The summed E-state index contributed by atoms with van der Waals surface area (Å²) in [5.41, 5.74) is 4.06. The number of carbonyl (C=O) groups is 2. The number of hydrazine groups is 1. The number of nitrogens with one attached hydrogen (secondary N) is 1. The van der Waals surface area contributed by atoms with Crippen LogP contribution >= 0.6 is 11.6 Å². The van der Waals surface area contributed by atoms with Crippen molar-refractivity contribution in [2.24, 2.45) is 4.99 Å². The number of imidazole rings is 1. The number of nitrogens with zero attached hydrogens (tertiary/aromatic N) is 5. The Balaban J connectivity index is 1.55. The Hall–Kier alpha value is -3.61. The van der Waals surface area contributed by atoms with E-state index >= 15 is 0 Å². The molecule has 3 aliphatic rings. The van der Waals surface area contributed by atoms with Gasteiger partial charge in [0.1, 0.15) is 17.9 Å². The summed E-state index contributed by atoms with van der Waals surface area (Å²) in [5, 5.41) is 21.1. The molecule has 6 rings (SSSR count). The first kappa shape index (κ1) is 27.6. The maximum absolute atomic E-state index is 14.3. The molecule has 1 aromatic heterocycles. The average Bonchev–Trinajstić information content (AvgIpc) is 3.54. The number of carbonyl (C=O) groups excluding carboxylic acids is 2. The zero-order valence-electron chi connectivity index (χ0n) is 22.4. The molecule has 41 heavy (non-hydrogen) atoms. The number of aliphatic hydroxyl groups excluding tert-OH is 2. The quantitative estimate of drug-likeness (QED) is 0.239. The molecular weight excluding hydrogens is 548 g/mol. The van der Waals surface area contributed by atoms with Crippen molar-refractivity contribution in [3.8, 4) is 0 Å². The zero-order chi connectivity index (χ0) is 28.7. The topological polar surface area (TPSA) is 133 Å². The largest absolute Gasteiger partial charge is 0.388 e. The number of aliphatic imine (C=N–C) groups is 1. The molecule has 2 fully saturated rings. The van der Waals surface area contributed by atoms with Crippen LogP contribution in [0.3, 0.4) is 0 Å². The third-order valence-corrected chi connectivity index (χ3v) is 8.11. The van der Waals surface area contributed by atoms with Gasteiger partial charge in [-0.1, -0.05) is 66.6 Å². The summed E-state index contributed by atoms with van der Waals surface area (Å²) in [6.07, 6.45) is 0.158. The van der Waals surface area contributed by atoms with E-state index in [0.29, 0.717) is 0 Å². The van der Waals surface area contributed by atoms with E-state index in [1.54, 1.807) is 67.6 Å². The van der Waals surface area contributed by atoms with Crippen molar-refractivity contribution >= 4 is 34.9 Å². The van der Waals surface area contributed by atoms with Crippen molar-refractivity contribution in [3.05, 3.63) is 83.8 Å².